The highest BCUT2D eigenvalue weighted by Gasteiger charge is 2.41. The van der Waals surface area contributed by atoms with Crippen LogP contribution in [0, 0.1) is 0 Å². The predicted octanol–water partition coefficient (Wildman–Crippen LogP) is 2.33. The second kappa shape index (κ2) is 6.24. The average molecular weight is 227 g/mol. The van der Waals surface area contributed by atoms with Crippen LogP contribution >= 0.6 is 0 Å². The smallest absolute Gasteiger partial charge is 0.222 e. The highest BCUT2D eigenvalue weighted by Crippen LogP contribution is 2.24. The van der Waals surface area contributed by atoms with Crippen LogP contribution in [0.15, 0.2) is 0 Å². The van der Waals surface area contributed by atoms with Crippen LogP contribution in [-0.2, 0) is 4.79 Å². The standard InChI is InChI=1S/C13H25NO2/c1-3-5-6-7-8-9-12(15)14-10-13(16,4-2)11-14/h16H,3-11H2,1-2H3. The normalized spacial score (nSPS) is 18.3. The molecule has 0 bridgehead atoms. The van der Waals surface area contributed by atoms with Crippen LogP contribution in [0.4, 0.5) is 0 Å². The lowest BCUT2D eigenvalue weighted by atomic mass is 9.91. The molecule has 16 heavy (non-hydrogen) atoms. The molecule has 0 radical (unpaired) electrons. The van der Waals surface area contributed by atoms with Crippen molar-refractivity contribution in [3.8, 4) is 0 Å². The Morgan fingerprint density at radius 3 is 2.38 bits per heavy atom. The lowest BCUT2D eigenvalue weighted by Crippen LogP contribution is -2.63. The van der Waals surface area contributed by atoms with Crippen molar-refractivity contribution >= 4 is 5.91 Å². The second-order valence-corrected chi connectivity index (χ2v) is 4.99. The Hall–Kier alpha value is -0.570. The first-order valence-corrected chi connectivity index (χ1v) is 6.61. The first-order chi connectivity index (χ1) is 7.61. The van der Waals surface area contributed by atoms with Gasteiger partial charge in [0.2, 0.25) is 5.91 Å². The fourth-order valence-electron chi connectivity index (χ4n) is 2.10. The number of unbranched alkanes of at least 4 members (excludes halogenated alkanes) is 4. The molecule has 1 amide bonds. The Morgan fingerprint density at radius 1 is 1.19 bits per heavy atom. The zero-order chi connectivity index (χ0) is 12.0. The molecule has 1 saturated heterocycles. The Morgan fingerprint density at radius 2 is 1.81 bits per heavy atom. The topological polar surface area (TPSA) is 40.5 Å². The van der Waals surface area contributed by atoms with Crippen LogP contribution in [0.5, 0.6) is 0 Å². The van der Waals surface area contributed by atoms with Gasteiger partial charge in [0.05, 0.1) is 18.7 Å². The highest BCUT2D eigenvalue weighted by atomic mass is 16.3. The van der Waals surface area contributed by atoms with E-state index in [9.17, 15) is 9.90 Å². The molecule has 0 atom stereocenters. The third-order valence-corrected chi connectivity index (χ3v) is 3.48. The molecule has 0 unspecified atom stereocenters. The van der Waals surface area contributed by atoms with Gasteiger partial charge in [0.1, 0.15) is 0 Å². The molecule has 1 aliphatic rings. The molecule has 1 heterocycles. The van der Waals surface area contributed by atoms with Crippen LogP contribution < -0.4 is 0 Å². The summed E-state index contributed by atoms with van der Waals surface area (Å²) in [5, 5.41) is 9.79. The van der Waals surface area contributed by atoms with E-state index >= 15 is 0 Å². The van der Waals surface area contributed by atoms with Gasteiger partial charge in [-0.2, -0.15) is 0 Å². The number of rotatable bonds is 7. The van der Waals surface area contributed by atoms with Crippen molar-refractivity contribution in [1.29, 1.82) is 0 Å². The van der Waals surface area contributed by atoms with Crippen molar-refractivity contribution in [2.24, 2.45) is 0 Å². The minimum absolute atomic E-state index is 0.217. The Bertz CT molecular complexity index is 222. The summed E-state index contributed by atoms with van der Waals surface area (Å²) < 4.78 is 0. The van der Waals surface area contributed by atoms with Crippen molar-refractivity contribution in [1.82, 2.24) is 4.90 Å². The number of carbonyl (C=O) groups excluding carboxylic acids is 1. The zero-order valence-corrected chi connectivity index (χ0v) is 10.7. The molecule has 0 saturated carbocycles. The fourth-order valence-corrected chi connectivity index (χ4v) is 2.10. The summed E-state index contributed by atoms with van der Waals surface area (Å²) >= 11 is 0. The molecule has 1 fully saturated rings. The summed E-state index contributed by atoms with van der Waals surface area (Å²) in [6, 6.07) is 0. The Labute approximate surface area is 98.8 Å². The first-order valence-electron chi connectivity index (χ1n) is 6.61. The Kier molecular flexibility index (Phi) is 5.26. The summed E-state index contributed by atoms with van der Waals surface area (Å²) in [7, 11) is 0. The monoisotopic (exact) mass is 227 g/mol. The van der Waals surface area contributed by atoms with Crippen molar-refractivity contribution < 1.29 is 9.90 Å². The van der Waals surface area contributed by atoms with Gasteiger partial charge in [-0.15, -0.1) is 0 Å². The highest BCUT2D eigenvalue weighted by molar-refractivity contribution is 5.77. The summed E-state index contributed by atoms with van der Waals surface area (Å²) in [5.41, 5.74) is -0.585. The number of aliphatic hydroxyl groups is 1. The van der Waals surface area contributed by atoms with Crippen LogP contribution in [0.3, 0.4) is 0 Å². The number of β-amino-alcohol motifs (C(OH)–C–C–N with tert-alkyl or cyclic N) is 1. The second-order valence-electron chi connectivity index (χ2n) is 4.99. The predicted molar refractivity (Wildman–Crippen MR) is 65.2 cm³/mol. The third-order valence-electron chi connectivity index (χ3n) is 3.48. The quantitative estimate of drug-likeness (QED) is 0.678. The van der Waals surface area contributed by atoms with E-state index in [1.807, 2.05) is 6.92 Å². The molecular weight excluding hydrogens is 202 g/mol. The molecule has 3 nitrogen and oxygen atoms in total. The number of hydrogen-bond donors (Lipinski definition) is 1. The van der Waals surface area contributed by atoms with E-state index in [4.69, 9.17) is 0 Å². The van der Waals surface area contributed by atoms with Gasteiger partial charge in [0.25, 0.3) is 0 Å². The molecule has 1 N–H and O–H groups in total. The maximum atomic E-state index is 11.7. The van der Waals surface area contributed by atoms with Crippen molar-refractivity contribution in [3.63, 3.8) is 0 Å². The maximum absolute atomic E-state index is 11.7. The molecular formula is C13H25NO2. The summed E-state index contributed by atoms with van der Waals surface area (Å²) in [5.74, 6) is 0.217. The molecule has 0 aromatic carbocycles. The molecule has 94 valence electrons. The summed E-state index contributed by atoms with van der Waals surface area (Å²) in [6.07, 6.45) is 7.31. The lowest BCUT2D eigenvalue weighted by molar-refractivity contribution is -0.155. The van der Waals surface area contributed by atoms with E-state index < -0.39 is 5.60 Å². The number of amides is 1. The molecule has 0 spiro atoms. The SMILES string of the molecule is CCCCCCCC(=O)N1CC(O)(CC)C1. The lowest BCUT2D eigenvalue weighted by Gasteiger charge is -2.46. The van der Waals surface area contributed by atoms with Gasteiger partial charge < -0.3 is 10.0 Å². The average Bonchev–Trinajstić information content (AvgIpc) is 2.24. The van der Waals surface area contributed by atoms with Gasteiger partial charge in [0.15, 0.2) is 0 Å². The van der Waals surface area contributed by atoms with E-state index in [1.54, 1.807) is 4.90 Å². The number of carbonyl (C=O) groups is 1. The van der Waals surface area contributed by atoms with Gasteiger partial charge in [-0.3, -0.25) is 4.79 Å². The maximum Gasteiger partial charge on any atom is 0.222 e. The van der Waals surface area contributed by atoms with Gasteiger partial charge in [0, 0.05) is 6.42 Å². The summed E-state index contributed by atoms with van der Waals surface area (Å²) in [6.45, 7) is 5.23. The third kappa shape index (κ3) is 3.78. The van der Waals surface area contributed by atoms with E-state index in [-0.39, 0.29) is 5.91 Å². The van der Waals surface area contributed by atoms with Gasteiger partial charge >= 0.3 is 0 Å². The first kappa shape index (κ1) is 13.5. The minimum Gasteiger partial charge on any atom is -0.386 e. The number of likely N-dealkylation sites (tertiary alicyclic amines) is 1. The van der Waals surface area contributed by atoms with E-state index in [0.717, 1.165) is 19.3 Å². The largest absolute Gasteiger partial charge is 0.386 e. The summed E-state index contributed by atoms with van der Waals surface area (Å²) in [4.78, 5) is 13.5. The molecule has 0 aromatic heterocycles. The van der Waals surface area contributed by atoms with Gasteiger partial charge in [-0.05, 0) is 12.8 Å². The number of hydrogen-bond acceptors (Lipinski definition) is 2. The van der Waals surface area contributed by atoms with Crippen molar-refractivity contribution in [2.75, 3.05) is 13.1 Å². The molecule has 1 aliphatic heterocycles. The zero-order valence-electron chi connectivity index (χ0n) is 10.7. The van der Waals surface area contributed by atoms with Gasteiger partial charge in [-0.1, -0.05) is 39.5 Å². The Balaban J connectivity index is 2.05. The van der Waals surface area contributed by atoms with Gasteiger partial charge in [-0.25, -0.2) is 0 Å². The van der Waals surface area contributed by atoms with E-state index in [1.165, 1.54) is 19.3 Å². The van der Waals surface area contributed by atoms with E-state index in [2.05, 4.69) is 6.92 Å². The van der Waals surface area contributed by atoms with Crippen LogP contribution in [0.1, 0.15) is 58.8 Å². The van der Waals surface area contributed by atoms with Crippen LogP contribution in [0.25, 0.3) is 0 Å². The molecule has 1 rings (SSSR count). The molecule has 0 aromatic rings. The number of nitrogens with zero attached hydrogens (tertiary/aromatic N) is 1. The van der Waals surface area contributed by atoms with Crippen molar-refractivity contribution in [2.45, 2.75) is 64.4 Å². The van der Waals surface area contributed by atoms with E-state index in [0.29, 0.717) is 19.5 Å². The molecule has 0 aliphatic carbocycles. The fraction of sp³-hybridized carbons (Fsp3) is 0.923. The van der Waals surface area contributed by atoms with Crippen LogP contribution in [0.2, 0.25) is 0 Å². The molecule has 3 heteroatoms. The minimum atomic E-state index is -0.585. The van der Waals surface area contributed by atoms with Crippen molar-refractivity contribution in [3.05, 3.63) is 0 Å². The van der Waals surface area contributed by atoms with Crippen LogP contribution in [-0.4, -0.2) is 34.6 Å².